The third-order valence-electron chi connectivity index (χ3n) is 5.21. The first kappa shape index (κ1) is 20.3. The second-order valence-corrected chi connectivity index (χ2v) is 6.96. The summed E-state index contributed by atoms with van der Waals surface area (Å²) < 4.78 is 7.57. The summed E-state index contributed by atoms with van der Waals surface area (Å²) >= 11 is 0. The van der Waals surface area contributed by atoms with Gasteiger partial charge < -0.3 is 14.4 Å². The number of nitrogens with zero attached hydrogens (tertiary/aromatic N) is 4. The summed E-state index contributed by atoms with van der Waals surface area (Å²) in [6.07, 6.45) is 4.48. The van der Waals surface area contributed by atoms with Crippen molar-refractivity contribution in [2.24, 2.45) is 7.05 Å². The fraction of sp³-hybridized carbons (Fsp3) is 0.500. The molecule has 0 radical (unpaired) electrons. The topological polar surface area (TPSA) is 73.1 Å². The molecule has 0 fully saturated rings. The molecular weight excluding hydrogens is 352 g/mol. The van der Waals surface area contributed by atoms with Crippen LogP contribution >= 0.6 is 0 Å². The summed E-state index contributed by atoms with van der Waals surface area (Å²) in [5.41, 5.74) is 6.60. The molecule has 0 amide bonds. The molecule has 0 aliphatic carbocycles. The van der Waals surface area contributed by atoms with E-state index in [9.17, 15) is 5.11 Å². The van der Waals surface area contributed by atoms with Crippen molar-refractivity contribution in [3.8, 4) is 17.1 Å². The van der Waals surface area contributed by atoms with Gasteiger partial charge in [-0.2, -0.15) is 0 Å². The van der Waals surface area contributed by atoms with Gasteiger partial charge in [0.2, 0.25) is 5.88 Å². The zero-order valence-electron chi connectivity index (χ0n) is 17.5. The standard InChI is InChI=1S/C22H30N4O2/c1-6-14(13-27)16-12-26(5)22-21(16)24-18(8-3)20(25-22)15-10-11-19(28-9-4)23-17(15)7-2/h10-12,14,27H,6-9,13H2,1-5H3/t14-/m0/s1. The van der Waals surface area contributed by atoms with E-state index in [-0.39, 0.29) is 12.5 Å². The monoisotopic (exact) mass is 382 g/mol. The van der Waals surface area contributed by atoms with Crippen molar-refractivity contribution in [1.29, 1.82) is 0 Å². The molecule has 3 aromatic heterocycles. The minimum absolute atomic E-state index is 0.0758. The van der Waals surface area contributed by atoms with Gasteiger partial charge in [-0.1, -0.05) is 20.8 Å². The number of pyridine rings is 1. The molecule has 3 aromatic rings. The van der Waals surface area contributed by atoms with Gasteiger partial charge in [0.05, 0.1) is 30.3 Å². The van der Waals surface area contributed by atoms with Crippen LogP contribution in [0.3, 0.4) is 0 Å². The van der Waals surface area contributed by atoms with Crippen LogP contribution in [-0.2, 0) is 19.9 Å². The largest absolute Gasteiger partial charge is 0.478 e. The van der Waals surface area contributed by atoms with E-state index in [0.717, 1.165) is 58.6 Å². The van der Waals surface area contributed by atoms with Crippen LogP contribution in [0.2, 0.25) is 0 Å². The Bertz CT molecular complexity index is 961. The molecule has 3 heterocycles. The molecule has 0 bridgehead atoms. The van der Waals surface area contributed by atoms with E-state index in [1.807, 2.05) is 30.7 Å². The highest BCUT2D eigenvalue weighted by Gasteiger charge is 2.21. The molecule has 6 heteroatoms. The SMILES string of the molecule is CCOc1ccc(-c2nc3c(nc2CC)c([C@@H](CC)CO)cn3C)c(CC)n1. The van der Waals surface area contributed by atoms with Gasteiger partial charge >= 0.3 is 0 Å². The number of aryl methyl sites for hydroxylation is 3. The Hall–Kier alpha value is -2.47. The average Bonchev–Trinajstić information content (AvgIpc) is 3.03. The van der Waals surface area contributed by atoms with Crippen molar-refractivity contribution >= 4 is 11.2 Å². The van der Waals surface area contributed by atoms with Crippen LogP contribution in [0.5, 0.6) is 5.88 Å². The molecule has 3 rings (SSSR count). The lowest BCUT2D eigenvalue weighted by Gasteiger charge is -2.14. The first-order chi connectivity index (χ1) is 13.6. The third kappa shape index (κ3) is 3.61. The van der Waals surface area contributed by atoms with E-state index in [1.54, 1.807) is 0 Å². The number of hydrogen-bond acceptors (Lipinski definition) is 5. The Kier molecular flexibility index (Phi) is 6.29. The van der Waals surface area contributed by atoms with Gasteiger partial charge in [-0.05, 0) is 32.3 Å². The van der Waals surface area contributed by atoms with Crippen molar-refractivity contribution in [2.45, 2.75) is 52.9 Å². The zero-order valence-corrected chi connectivity index (χ0v) is 17.5. The average molecular weight is 383 g/mol. The molecule has 0 unspecified atom stereocenters. The van der Waals surface area contributed by atoms with E-state index in [4.69, 9.17) is 14.7 Å². The molecule has 0 aromatic carbocycles. The van der Waals surface area contributed by atoms with Crippen LogP contribution in [0, 0.1) is 0 Å². The van der Waals surface area contributed by atoms with Crippen molar-refractivity contribution in [3.63, 3.8) is 0 Å². The Balaban J connectivity index is 2.21. The maximum Gasteiger partial charge on any atom is 0.213 e. The molecule has 0 spiro atoms. The van der Waals surface area contributed by atoms with Gasteiger partial charge in [-0.15, -0.1) is 0 Å². The van der Waals surface area contributed by atoms with E-state index >= 15 is 0 Å². The second-order valence-electron chi connectivity index (χ2n) is 6.96. The number of aromatic nitrogens is 4. The highest BCUT2D eigenvalue weighted by Crippen LogP contribution is 2.32. The van der Waals surface area contributed by atoms with Crippen molar-refractivity contribution < 1.29 is 9.84 Å². The molecular formula is C22H30N4O2. The van der Waals surface area contributed by atoms with Gasteiger partial charge in [0.15, 0.2) is 5.65 Å². The van der Waals surface area contributed by atoms with E-state index in [0.29, 0.717) is 12.5 Å². The number of ether oxygens (including phenoxy) is 1. The fourth-order valence-corrected chi connectivity index (χ4v) is 3.63. The number of fused-ring (bicyclic) bond motifs is 1. The summed E-state index contributed by atoms with van der Waals surface area (Å²) in [7, 11) is 1.98. The maximum absolute atomic E-state index is 9.77. The van der Waals surface area contributed by atoms with Crippen LogP contribution in [-0.4, -0.2) is 37.8 Å². The van der Waals surface area contributed by atoms with Crippen molar-refractivity contribution in [3.05, 3.63) is 35.3 Å². The molecule has 0 saturated carbocycles. The van der Waals surface area contributed by atoms with Gasteiger partial charge in [0, 0.05) is 36.4 Å². The summed E-state index contributed by atoms with van der Waals surface area (Å²) in [6.45, 7) is 8.94. The zero-order chi connectivity index (χ0) is 20.3. The molecule has 0 saturated heterocycles. The normalized spacial score (nSPS) is 12.5. The summed E-state index contributed by atoms with van der Waals surface area (Å²) in [5.74, 6) is 0.719. The minimum Gasteiger partial charge on any atom is -0.478 e. The summed E-state index contributed by atoms with van der Waals surface area (Å²) in [5, 5.41) is 9.77. The number of aliphatic hydroxyl groups is 1. The molecule has 28 heavy (non-hydrogen) atoms. The van der Waals surface area contributed by atoms with Crippen LogP contribution in [0.15, 0.2) is 18.3 Å². The second kappa shape index (κ2) is 8.69. The van der Waals surface area contributed by atoms with Crippen molar-refractivity contribution in [2.75, 3.05) is 13.2 Å². The van der Waals surface area contributed by atoms with Gasteiger partial charge in [0.1, 0.15) is 5.52 Å². The molecule has 1 atom stereocenters. The lowest BCUT2D eigenvalue weighted by molar-refractivity contribution is 0.263. The Labute approximate surface area is 166 Å². The van der Waals surface area contributed by atoms with Crippen LogP contribution in [0.4, 0.5) is 0 Å². The first-order valence-electron chi connectivity index (χ1n) is 10.2. The smallest absolute Gasteiger partial charge is 0.213 e. The first-order valence-corrected chi connectivity index (χ1v) is 10.2. The van der Waals surface area contributed by atoms with Gasteiger partial charge in [-0.3, -0.25) is 0 Å². The van der Waals surface area contributed by atoms with Crippen LogP contribution in [0.1, 0.15) is 57.0 Å². The highest BCUT2D eigenvalue weighted by atomic mass is 16.5. The lowest BCUT2D eigenvalue weighted by Crippen LogP contribution is -2.05. The maximum atomic E-state index is 9.77. The lowest BCUT2D eigenvalue weighted by atomic mass is 9.99. The summed E-state index contributed by atoms with van der Waals surface area (Å²) in [4.78, 5) is 14.7. The van der Waals surface area contributed by atoms with Gasteiger partial charge in [0.25, 0.3) is 0 Å². The quantitative estimate of drug-likeness (QED) is 0.636. The molecule has 150 valence electrons. The number of rotatable bonds is 8. The fourth-order valence-electron chi connectivity index (χ4n) is 3.63. The Morgan fingerprint density at radius 3 is 2.39 bits per heavy atom. The summed E-state index contributed by atoms with van der Waals surface area (Å²) in [6, 6.07) is 3.94. The molecule has 0 aliphatic rings. The van der Waals surface area contributed by atoms with Gasteiger partial charge in [-0.25, -0.2) is 15.0 Å². The number of aliphatic hydroxyl groups excluding tert-OH is 1. The predicted octanol–water partition coefficient (Wildman–Crippen LogP) is 4.04. The Morgan fingerprint density at radius 1 is 1.04 bits per heavy atom. The van der Waals surface area contributed by atoms with Crippen LogP contribution in [0.25, 0.3) is 22.4 Å². The highest BCUT2D eigenvalue weighted by molar-refractivity contribution is 5.81. The van der Waals surface area contributed by atoms with E-state index in [2.05, 4.69) is 32.0 Å². The Morgan fingerprint density at radius 2 is 1.79 bits per heavy atom. The van der Waals surface area contributed by atoms with Crippen LogP contribution < -0.4 is 4.74 Å². The molecule has 6 nitrogen and oxygen atoms in total. The van der Waals surface area contributed by atoms with E-state index < -0.39 is 0 Å². The predicted molar refractivity (Wildman–Crippen MR) is 112 cm³/mol. The van der Waals surface area contributed by atoms with Crippen molar-refractivity contribution in [1.82, 2.24) is 19.5 Å². The third-order valence-corrected chi connectivity index (χ3v) is 5.21. The molecule has 0 aliphatic heterocycles. The van der Waals surface area contributed by atoms with E-state index in [1.165, 1.54) is 0 Å². The molecule has 1 N–H and O–H groups in total. The number of hydrogen-bond donors (Lipinski definition) is 1. The minimum atomic E-state index is 0.0758.